The van der Waals surface area contributed by atoms with Gasteiger partial charge < -0.3 is 10.5 Å². The van der Waals surface area contributed by atoms with Gasteiger partial charge in [-0.25, -0.2) is 0 Å². The topological polar surface area (TPSA) is 35.2 Å². The molecule has 94 valence electrons. The highest BCUT2D eigenvalue weighted by atomic mass is 16.5. The zero-order valence-electron chi connectivity index (χ0n) is 10.9. The molecule has 0 heterocycles. The minimum absolute atomic E-state index is 0.0250. The SMILES string of the molecule is COc1cccc(CC(N)c2cccc(C)c2)c1. The van der Waals surface area contributed by atoms with E-state index in [1.54, 1.807) is 7.11 Å². The van der Waals surface area contributed by atoms with E-state index in [-0.39, 0.29) is 6.04 Å². The van der Waals surface area contributed by atoms with Crippen LogP contribution in [0.3, 0.4) is 0 Å². The maximum Gasteiger partial charge on any atom is 0.119 e. The minimum atomic E-state index is 0.0250. The van der Waals surface area contributed by atoms with Gasteiger partial charge in [-0.15, -0.1) is 0 Å². The number of hydrogen-bond donors (Lipinski definition) is 1. The van der Waals surface area contributed by atoms with E-state index in [0.717, 1.165) is 12.2 Å². The second kappa shape index (κ2) is 5.69. The van der Waals surface area contributed by atoms with Gasteiger partial charge in [0, 0.05) is 6.04 Å². The van der Waals surface area contributed by atoms with Crippen LogP contribution < -0.4 is 10.5 Å². The monoisotopic (exact) mass is 241 g/mol. The molecule has 0 bridgehead atoms. The average molecular weight is 241 g/mol. The van der Waals surface area contributed by atoms with E-state index in [2.05, 4.69) is 37.3 Å². The number of rotatable bonds is 4. The average Bonchev–Trinajstić information content (AvgIpc) is 2.39. The maximum atomic E-state index is 6.25. The first-order valence-electron chi connectivity index (χ1n) is 6.14. The lowest BCUT2D eigenvalue weighted by molar-refractivity contribution is 0.414. The van der Waals surface area contributed by atoms with Gasteiger partial charge in [-0.2, -0.15) is 0 Å². The fourth-order valence-electron chi connectivity index (χ4n) is 2.07. The molecule has 0 spiro atoms. The number of hydrogen-bond acceptors (Lipinski definition) is 2. The summed E-state index contributed by atoms with van der Waals surface area (Å²) < 4.78 is 5.22. The first-order valence-corrected chi connectivity index (χ1v) is 6.14. The highest BCUT2D eigenvalue weighted by Crippen LogP contribution is 2.20. The number of benzene rings is 2. The van der Waals surface area contributed by atoms with Gasteiger partial charge in [-0.3, -0.25) is 0 Å². The first-order chi connectivity index (χ1) is 8.69. The van der Waals surface area contributed by atoms with Gasteiger partial charge in [0.15, 0.2) is 0 Å². The van der Waals surface area contributed by atoms with Crippen LogP contribution in [-0.4, -0.2) is 7.11 Å². The summed E-state index contributed by atoms with van der Waals surface area (Å²) in [6.07, 6.45) is 0.820. The Morgan fingerprint density at radius 2 is 1.89 bits per heavy atom. The van der Waals surface area contributed by atoms with Crippen molar-refractivity contribution in [3.05, 3.63) is 65.2 Å². The van der Waals surface area contributed by atoms with Crippen molar-refractivity contribution < 1.29 is 4.74 Å². The lowest BCUT2D eigenvalue weighted by Gasteiger charge is -2.13. The molecule has 0 aromatic heterocycles. The summed E-state index contributed by atoms with van der Waals surface area (Å²) >= 11 is 0. The summed E-state index contributed by atoms with van der Waals surface area (Å²) in [6.45, 7) is 2.09. The summed E-state index contributed by atoms with van der Waals surface area (Å²) in [4.78, 5) is 0. The molecule has 2 rings (SSSR count). The molecule has 0 aliphatic heterocycles. The smallest absolute Gasteiger partial charge is 0.119 e. The summed E-state index contributed by atoms with van der Waals surface area (Å²) in [5.41, 5.74) is 9.87. The predicted molar refractivity (Wildman–Crippen MR) is 74.8 cm³/mol. The van der Waals surface area contributed by atoms with Crippen LogP contribution in [0.5, 0.6) is 5.75 Å². The molecule has 0 saturated carbocycles. The van der Waals surface area contributed by atoms with Gasteiger partial charge >= 0.3 is 0 Å². The third kappa shape index (κ3) is 3.11. The minimum Gasteiger partial charge on any atom is -0.497 e. The third-order valence-electron chi connectivity index (χ3n) is 3.06. The Bertz CT molecular complexity index is 522. The van der Waals surface area contributed by atoms with Crippen LogP contribution in [0.1, 0.15) is 22.7 Å². The van der Waals surface area contributed by atoms with E-state index in [0.29, 0.717) is 0 Å². The zero-order chi connectivity index (χ0) is 13.0. The second-order valence-corrected chi connectivity index (χ2v) is 4.58. The van der Waals surface area contributed by atoms with Gasteiger partial charge in [0.1, 0.15) is 5.75 Å². The van der Waals surface area contributed by atoms with Crippen molar-refractivity contribution in [2.24, 2.45) is 5.73 Å². The quantitative estimate of drug-likeness (QED) is 0.891. The summed E-state index contributed by atoms with van der Waals surface area (Å²) in [6, 6.07) is 16.4. The lowest BCUT2D eigenvalue weighted by atomic mass is 9.98. The van der Waals surface area contributed by atoms with E-state index in [9.17, 15) is 0 Å². The molecule has 0 aliphatic rings. The Labute approximate surface area is 108 Å². The van der Waals surface area contributed by atoms with E-state index in [1.807, 2.05) is 18.2 Å². The van der Waals surface area contributed by atoms with Crippen LogP contribution in [-0.2, 0) is 6.42 Å². The molecule has 2 heteroatoms. The van der Waals surface area contributed by atoms with E-state index in [1.165, 1.54) is 16.7 Å². The molecule has 2 N–H and O–H groups in total. The van der Waals surface area contributed by atoms with Crippen molar-refractivity contribution in [3.63, 3.8) is 0 Å². The normalized spacial score (nSPS) is 12.2. The number of methoxy groups -OCH3 is 1. The van der Waals surface area contributed by atoms with Gasteiger partial charge in [0.25, 0.3) is 0 Å². The van der Waals surface area contributed by atoms with Crippen molar-refractivity contribution in [2.75, 3.05) is 7.11 Å². The third-order valence-corrected chi connectivity index (χ3v) is 3.06. The molecule has 2 aromatic carbocycles. The Morgan fingerprint density at radius 3 is 2.61 bits per heavy atom. The summed E-state index contributed by atoms with van der Waals surface area (Å²) in [5, 5.41) is 0. The molecule has 0 saturated heterocycles. The first kappa shape index (κ1) is 12.7. The van der Waals surface area contributed by atoms with Gasteiger partial charge in [0.2, 0.25) is 0 Å². The number of nitrogens with two attached hydrogens (primary N) is 1. The molecular formula is C16H19NO. The van der Waals surface area contributed by atoms with Crippen LogP contribution in [0, 0.1) is 6.92 Å². The van der Waals surface area contributed by atoms with Crippen LogP contribution in [0.15, 0.2) is 48.5 Å². The van der Waals surface area contributed by atoms with Crippen molar-refractivity contribution >= 4 is 0 Å². The molecule has 0 fully saturated rings. The Hall–Kier alpha value is -1.80. The van der Waals surface area contributed by atoms with Crippen LogP contribution >= 0.6 is 0 Å². The highest BCUT2D eigenvalue weighted by Gasteiger charge is 2.07. The molecule has 0 aliphatic carbocycles. The van der Waals surface area contributed by atoms with Crippen molar-refractivity contribution in [1.29, 1.82) is 0 Å². The van der Waals surface area contributed by atoms with Crippen molar-refractivity contribution in [2.45, 2.75) is 19.4 Å². The standard InChI is InChI=1S/C16H19NO/c1-12-5-3-7-14(9-12)16(17)11-13-6-4-8-15(10-13)18-2/h3-10,16H,11,17H2,1-2H3. The summed E-state index contributed by atoms with van der Waals surface area (Å²) in [7, 11) is 1.68. The van der Waals surface area contributed by atoms with Crippen LogP contribution in [0.4, 0.5) is 0 Å². The van der Waals surface area contributed by atoms with Crippen LogP contribution in [0.25, 0.3) is 0 Å². The largest absolute Gasteiger partial charge is 0.497 e. The fourth-order valence-corrected chi connectivity index (χ4v) is 2.07. The zero-order valence-corrected chi connectivity index (χ0v) is 10.9. The van der Waals surface area contributed by atoms with Gasteiger partial charge in [-0.1, -0.05) is 42.0 Å². The Kier molecular flexibility index (Phi) is 4.00. The number of aryl methyl sites for hydroxylation is 1. The molecule has 18 heavy (non-hydrogen) atoms. The number of ether oxygens (including phenoxy) is 1. The molecule has 0 amide bonds. The predicted octanol–water partition coefficient (Wildman–Crippen LogP) is 3.25. The van der Waals surface area contributed by atoms with E-state index >= 15 is 0 Å². The van der Waals surface area contributed by atoms with Crippen LogP contribution in [0.2, 0.25) is 0 Å². The molecule has 1 unspecified atom stereocenters. The fraction of sp³-hybridized carbons (Fsp3) is 0.250. The maximum absolute atomic E-state index is 6.25. The molecular weight excluding hydrogens is 222 g/mol. The van der Waals surface area contributed by atoms with Gasteiger partial charge in [0.05, 0.1) is 7.11 Å². The summed E-state index contributed by atoms with van der Waals surface area (Å²) in [5.74, 6) is 0.879. The molecule has 2 nitrogen and oxygen atoms in total. The Balaban J connectivity index is 2.13. The molecule has 1 atom stereocenters. The molecule has 0 radical (unpaired) electrons. The molecule has 2 aromatic rings. The second-order valence-electron chi connectivity index (χ2n) is 4.58. The highest BCUT2D eigenvalue weighted by molar-refractivity contribution is 5.31. The van der Waals surface area contributed by atoms with Crippen molar-refractivity contribution in [3.8, 4) is 5.75 Å². The Morgan fingerprint density at radius 1 is 1.11 bits per heavy atom. The van der Waals surface area contributed by atoms with Crippen molar-refractivity contribution in [1.82, 2.24) is 0 Å². The van der Waals surface area contributed by atoms with E-state index < -0.39 is 0 Å². The van der Waals surface area contributed by atoms with E-state index in [4.69, 9.17) is 10.5 Å². The van der Waals surface area contributed by atoms with Gasteiger partial charge in [-0.05, 0) is 36.6 Å². The lowest BCUT2D eigenvalue weighted by Crippen LogP contribution is -2.13.